The van der Waals surface area contributed by atoms with Gasteiger partial charge in [-0.3, -0.25) is 0 Å². The van der Waals surface area contributed by atoms with Crippen molar-refractivity contribution >= 4 is 17.4 Å². The number of rotatable bonds is 7. The molecule has 0 atom stereocenters. The largest absolute Gasteiger partial charge is 0.378 e. The van der Waals surface area contributed by atoms with E-state index in [0.717, 1.165) is 47.6 Å². The van der Waals surface area contributed by atoms with E-state index in [2.05, 4.69) is 68.6 Å². The number of anilines is 1. The summed E-state index contributed by atoms with van der Waals surface area (Å²) < 4.78 is 5.44. The number of nitrogens with zero attached hydrogens (tertiary/aromatic N) is 6. The van der Waals surface area contributed by atoms with Gasteiger partial charge in [0.15, 0.2) is 0 Å². The van der Waals surface area contributed by atoms with Gasteiger partial charge in [-0.05, 0) is 41.5 Å². The Balaban J connectivity index is 1.21. The van der Waals surface area contributed by atoms with E-state index in [4.69, 9.17) is 9.72 Å². The van der Waals surface area contributed by atoms with E-state index in [9.17, 15) is 0 Å². The van der Waals surface area contributed by atoms with Crippen LogP contribution in [0.2, 0.25) is 0 Å². The third kappa shape index (κ3) is 5.33. The van der Waals surface area contributed by atoms with Crippen LogP contribution in [0.4, 0.5) is 5.69 Å². The molecular weight excluding hydrogens is 420 g/mol. The van der Waals surface area contributed by atoms with Gasteiger partial charge < -0.3 is 9.64 Å². The smallest absolute Gasteiger partial charge is 0.133 e. The van der Waals surface area contributed by atoms with Gasteiger partial charge in [-0.2, -0.15) is 15.0 Å². The van der Waals surface area contributed by atoms with E-state index in [1.807, 2.05) is 12.3 Å². The van der Waals surface area contributed by atoms with Gasteiger partial charge in [0.1, 0.15) is 10.9 Å². The van der Waals surface area contributed by atoms with E-state index < -0.39 is 0 Å². The fraction of sp³-hybridized carbons (Fsp3) is 0.250. The predicted octanol–water partition coefficient (Wildman–Crippen LogP) is 3.70. The van der Waals surface area contributed by atoms with Crippen LogP contribution in [0, 0.1) is 0 Å². The van der Waals surface area contributed by atoms with Crippen LogP contribution in [0.5, 0.6) is 0 Å². The fourth-order valence-electron chi connectivity index (χ4n) is 3.62. The van der Waals surface area contributed by atoms with Crippen LogP contribution < -0.4 is 4.90 Å². The van der Waals surface area contributed by atoms with Crippen molar-refractivity contribution in [2.24, 2.45) is 0 Å². The first-order chi connectivity index (χ1) is 15.8. The fourth-order valence-corrected chi connectivity index (χ4v) is 4.42. The minimum atomic E-state index is 0.667. The summed E-state index contributed by atoms with van der Waals surface area (Å²) in [5, 5.41) is 9.25. The molecule has 2 aromatic heterocycles. The summed E-state index contributed by atoms with van der Waals surface area (Å²) in [5.74, 6) is 0.829. The first-order valence-electron chi connectivity index (χ1n) is 10.7. The summed E-state index contributed by atoms with van der Waals surface area (Å²) in [6, 6.07) is 19.1. The molecule has 162 valence electrons. The lowest BCUT2D eigenvalue weighted by atomic mass is 10.1. The molecule has 1 aliphatic rings. The van der Waals surface area contributed by atoms with E-state index in [-0.39, 0.29) is 0 Å². The topological polar surface area (TPSA) is 69.0 Å². The second-order valence-electron chi connectivity index (χ2n) is 7.56. The number of morpholine rings is 1. The molecule has 7 nitrogen and oxygen atoms in total. The summed E-state index contributed by atoms with van der Waals surface area (Å²) in [7, 11) is 0. The Hall–Kier alpha value is -3.23. The zero-order chi connectivity index (χ0) is 21.6. The van der Waals surface area contributed by atoms with E-state index >= 15 is 0 Å². The van der Waals surface area contributed by atoms with Crippen LogP contribution in [0.3, 0.4) is 0 Å². The molecule has 32 heavy (non-hydrogen) atoms. The second-order valence-corrected chi connectivity index (χ2v) is 8.65. The third-order valence-electron chi connectivity index (χ3n) is 5.29. The van der Waals surface area contributed by atoms with Crippen molar-refractivity contribution in [3.63, 3.8) is 0 Å². The van der Waals surface area contributed by atoms with Crippen LogP contribution in [-0.2, 0) is 17.7 Å². The Morgan fingerprint density at radius 2 is 1.53 bits per heavy atom. The van der Waals surface area contributed by atoms with Crippen molar-refractivity contribution in [2.45, 2.75) is 22.9 Å². The van der Waals surface area contributed by atoms with Crippen molar-refractivity contribution in [1.29, 1.82) is 0 Å². The van der Waals surface area contributed by atoms with Gasteiger partial charge in [-0.15, -0.1) is 0 Å². The molecule has 0 N–H and O–H groups in total. The Bertz CT molecular complexity index is 1130. The Kier molecular flexibility index (Phi) is 6.41. The standard InChI is InChI=1S/C24H24N6OS/c1-5-21(29-13-15-31-16-14-29)6-2-19(1)17-23-25-10-9-24(28-23)32-22-7-3-20(4-8-22)18-30-26-11-12-27-30/h1-12H,13-18H2. The van der Waals surface area contributed by atoms with Gasteiger partial charge in [-0.1, -0.05) is 36.0 Å². The van der Waals surface area contributed by atoms with Crippen LogP contribution >= 0.6 is 11.8 Å². The average molecular weight is 445 g/mol. The summed E-state index contributed by atoms with van der Waals surface area (Å²) in [6.07, 6.45) is 5.93. The lowest BCUT2D eigenvalue weighted by Gasteiger charge is -2.28. The molecule has 1 saturated heterocycles. The quantitative estimate of drug-likeness (QED) is 0.403. The highest BCUT2D eigenvalue weighted by Crippen LogP contribution is 2.26. The molecule has 4 aromatic rings. The molecule has 0 bridgehead atoms. The molecule has 0 saturated carbocycles. The Morgan fingerprint density at radius 3 is 2.28 bits per heavy atom. The zero-order valence-corrected chi connectivity index (χ0v) is 18.5. The molecule has 5 rings (SSSR count). The summed E-state index contributed by atoms with van der Waals surface area (Å²) in [4.78, 5) is 14.4. The van der Waals surface area contributed by atoms with Crippen molar-refractivity contribution in [1.82, 2.24) is 25.0 Å². The molecule has 3 heterocycles. The van der Waals surface area contributed by atoms with Crippen LogP contribution in [0.1, 0.15) is 17.0 Å². The molecule has 1 aliphatic heterocycles. The third-order valence-corrected chi connectivity index (χ3v) is 6.24. The normalized spacial score (nSPS) is 13.9. The minimum absolute atomic E-state index is 0.667. The summed E-state index contributed by atoms with van der Waals surface area (Å²) in [6.45, 7) is 4.15. The highest BCUT2D eigenvalue weighted by atomic mass is 32.2. The number of hydrogen-bond acceptors (Lipinski definition) is 7. The SMILES string of the molecule is c1cc(Sc2ccc(Cn3nccn3)cc2)nc(Cc2ccc(N3CCOCC3)cc2)n1. The van der Waals surface area contributed by atoms with Crippen molar-refractivity contribution < 1.29 is 4.74 Å². The molecule has 0 amide bonds. The van der Waals surface area contributed by atoms with E-state index in [1.54, 1.807) is 29.0 Å². The molecule has 1 fully saturated rings. The predicted molar refractivity (Wildman–Crippen MR) is 124 cm³/mol. The van der Waals surface area contributed by atoms with Crippen molar-refractivity contribution in [3.8, 4) is 0 Å². The monoisotopic (exact) mass is 444 g/mol. The van der Waals surface area contributed by atoms with Crippen LogP contribution in [-0.4, -0.2) is 51.3 Å². The number of hydrogen-bond donors (Lipinski definition) is 0. The number of aromatic nitrogens is 5. The molecule has 8 heteroatoms. The maximum atomic E-state index is 5.44. The maximum Gasteiger partial charge on any atom is 0.133 e. The van der Waals surface area contributed by atoms with Crippen molar-refractivity contribution in [2.75, 3.05) is 31.2 Å². The highest BCUT2D eigenvalue weighted by Gasteiger charge is 2.11. The highest BCUT2D eigenvalue weighted by molar-refractivity contribution is 7.99. The van der Waals surface area contributed by atoms with Gasteiger partial charge in [0.2, 0.25) is 0 Å². The van der Waals surface area contributed by atoms with E-state index in [1.165, 1.54) is 11.3 Å². The van der Waals surface area contributed by atoms with Gasteiger partial charge in [0, 0.05) is 36.3 Å². The lowest BCUT2D eigenvalue weighted by Crippen LogP contribution is -2.36. The number of benzene rings is 2. The van der Waals surface area contributed by atoms with E-state index in [0.29, 0.717) is 13.0 Å². The molecular formula is C24H24N6OS. The summed E-state index contributed by atoms with van der Waals surface area (Å²) in [5.41, 5.74) is 3.62. The molecule has 0 radical (unpaired) electrons. The van der Waals surface area contributed by atoms with Gasteiger partial charge in [0.25, 0.3) is 0 Å². The second kappa shape index (κ2) is 9.93. The molecule has 2 aromatic carbocycles. The van der Waals surface area contributed by atoms with Crippen LogP contribution in [0.25, 0.3) is 0 Å². The number of ether oxygens (including phenoxy) is 1. The van der Waals surface area contributed by atoms with Gasteiger partial charge in [-0.25, -0.2) is 9.97 Å². The maximum absolute atomic E-state index is 5.44. The first kappa shape index (κ1) is 20.7. The average Bonchev–Trinajstić information content (AvgIpc) is 3.35. The van der Waals surface area contributed by atoms with Gasteiger partial charge in [0.05, 0.1) is 32.2 Å². The Labute approximate surface area is 191 Å². The molecule has 0 unspecified atom stereocenters. The minimum Gasteiger partial charge on any atom is -0.378 e. The van der Waals surface area contributed by atoms with Gasteiger partial charge >= 0.3 is 0 Å². The summed E-state index contributed by atoms with van der Waals surface area (Å²) >= 11 is 1.64. The molecule has 0 spiro atoms. The zero-order valence-electron chi connectivity index (χ0n) is 17.7. The molecule has 0 aliphatic carbocycles. The Morgan fingerprint density at radius 1 is 0.812 bits per heavy atom. The van der Waals surface area contributed by atoms with Crippen molar-refractivity contribution in [3.05, 3.63) is 90.1 Å². The first-order valence-corrected chi connectivity index (χ1v) is 11.5. The lowest BCUT2D eigenvalue weighted by molar-refractivity contribution is 0.122. The van der Waals surface area contributed by atoms with Crippen LogP contribution in [0.15, 0.2) is 83.1 Å².